The molecule has 0 saturated carbocycles. The number of hydrogen-bond acceptors (Lipinski definition) is 8. The number of thiophene rings is 1. The van der Waals surface area contributed by atoms with Crippen LogP contribution in [0.25, 0.3) is 0 Å². The molecule has 2 heterocycles. The molecule has 2 aromatic rings. The third-order valence-electron chi connectivity index (χ3n) is 4.87. The van der Waals surface area contributed by atoms with E-state index in [0.717, 1.165) is 47.5 Å². The van der Waals surface area contributed by atoms with Gasteiger partial charge in [0.15, 0.2) is 6.61 Å². The molecule has 0 radical (unpaired) electrons. The highest BCUT2D eigenvalue weighted by atomic mass is 32.1. The quantitative estimate of drug-likeness (QED) is 0.429. The van der Waals surface area contributed by atoms with E-state index in [0.29, 0.717) is 29.4 Å². The molecule has 1 aliphatic rings. The van der Waals surface area contributed by atoms with Gasteiger partial charge in [0, 0.05) is 29.6 Å². The van der Waals surface area contributed by atoms with Crippen LogP contribution in [0.15, 0.2) is 10.2 Å². The van der Waals surface area contributed by atoms with Gasteiger partial charge in [0.05, 0.1) is 12.2 Å². The fraction of sp³-hybridized carbons (Fsp3) is 0.500. The monoisotopic (exact) mass is 467 g/mol. The highest BCUT2D eigenvalue weighted by Gasteiger charge is 2.26. The highest BCUT2D eigenvalue weighted by Crippen LogP contribution is 2.38. The van der Waals surface area contributed by atoms with E-state index < -0.39 is 18.5 Å². The lowest BCUT2D eigenvalue weighted by Crippen LogP contribution is -2.29. The number of rotatable bonds is 9. The first-order valence-corrected chi connectivity index (χ1v) is 11.6. The van der Waals surface area contributed by atoms with E-state index in [-0.39, 0.29) is 17.3 Å². The van der Waals surface area contributed by atoms with Gasteiger partial charge in [-0.25, -0.2) is 0 Å². The van der Waals surface area contributed by atoms with Crippen LogP contribution in [0.2, 0.25) is 0 Å². The predicted octanol–water partition coefficient (Wildman–Crippen LogP) is 1.72. The van der Waals surface area contributed by atoms with Crippen molar-refractivity contribution in [1.82, 2.24) is 9.88 Å². The maximum absolute atomic E-state index is 12.7. The van der Waals surface area contributed by atoms with Crippen molar-refractivity contribution in [1.29, 1.82) is 0 Å². The minimum Gasteiger partial charge on any atom is -0.454 e. The molecule has 3 rings (SSSR count). The molecule has 168 valence electrons. The fourth-order valence-electron chi connectivity index (χ4n) is 3.33. The largest absolute Gasteiger partial charge is 0.454 e. The number of carbonyl (C=O) groups is 3. The maximum Gasteiger partial charge on any atom is 0.326 e. The van der Waals surface area contributed by atoms with Gasteiger partial charge in [-0.2, -0.15) is 0 Å². The number of hydrogen-bond donors (Lipinski definition) is 2. The number of aryl methyl sites for hydroxylation is 2. The summed E-state index contributed by atoms with van der Waals surface area (Å²) in [5.74, 6) is -1.47. The van der Waals surface area contributed by atoms with E-state index in [1.54, 1.807) is 19.4 Å². The molecule has 0 aliphatic heterocycles. The number of amides is 2. The van der Waals surface area contributed by atoms with E-state index in [2.05, 4.69) is 10.6 Å². The Morgan fingerprint density at radius 2 is 2.00 bits per heavy atom. The Hall–Kier alpha value is -2.50. The number of thiazole rings is 1. The number of methoxy groups -OCH3 is 1. The summed E-state index contributed by atoms with van der Waals surface area (Å²) in [6, 6.07) is 0. The Labute approximate surface area is 187 Å². The van der Waals surface area contributed by atoms with Crippen molar-refractivity contribution in [3.63, 3.8) is 0 Å². The Balaban J connectivity index is 1.63. The lowest BCUT2D eigenvalue weighted by atomic mass is 9.95. The van der Waals surface area contributed by atoms with Crippen LogP contribution in [-0.2, 0) is 38.4 Å². The molecule has 0 atom stereocenters. The molecule has 0 aromatic carbocycles. The summed E-state index contributed by atoms with van der Waals surface area (Å²) >= 11 is 2.39. The number of ether oxygens (including phenoxy) is 2. The second-order valence-corrected chi connectivity index (χ2v) is 9.03. The molecule has 2 aromatic heterocycles. The first kappa shape index (κ1) is 23.2. The topological polar surface area (TPSA) is 116 Å². The van der Waals surface area contributed by atoms with Gasteiger partial charge in [-0.05, 0) is 38.2 Å². The number of carbonyl (C=O) groups excluding carboxylic acids is 3. The summed E-state index contributed by atoms with van der Waals surface area (Å²) < 4.78 is 11.3. The second-order valence-electron chi connectivity index (χ2n) is 7.10. The molecule has 1 aliphatic carbocycles. The van der Waals surface area contributed by atoms with Crippen molar-refractivity contribution in [3.8, 4) is 0 Å². The van der Waals surface area contributed by atoms with E-state index in [4.69, 9.17) is 9.47 Å². The number of esters is 1. The number of nitrogens with zero attached hydrogens (tertiary/aromatic N) is 1. The zero-order valence-corrected chi connectivity index (χ0v) is 19.1. The third kappa shape index (κ3) is 5.81. The summed E-state index contributed by atoms with van der Waals surface area (Å²) in [6.45, 7) is 1.73. The minimum absolute atomic E-state index is 0.248. The van der Waals surface area contributed by atoms with Crippen LogP contribution in [0.1, 0.15) is 39.3 Å². The van der Waals surface area contributed by atoms with E-state index in [1.165, 1.54) is 15.9 Å². The molecule has 11 heteroatoms. The minimum atomic E-state index is -0.679. The molecular formula is C20H25N3O6S2. The zero-order chi connectivity index (χ0) is 22.4. The second kappa shape index (κ2) is 10.7. The molecule has 0 fully saturated rings. The van der Waals surface area contributed by atoms with Crippen LogP contribution in [0.5, 0.6) is 0 Å². The normalized spacial score (nSPS) is 12.8. The number of anilines is 1. The Bertz CT molecular complexity index is 1020. The number of nitrogens with one attached hydrogen (secondary N) is 2. The molecular weight excluding hydrogens is 442 g/mol. The predicted molar refractivity (Wildman–Crippen MR) is 118 cm³/mol. The van der Waals surface area contributed by atoms with Crippen molar-refractivity contribution in [2.24, 2.45) is 0 Å². The van der Waals surface area contributed by atoms with Crippen LogP contribution < -0.4 is 15.5 Å². The maximum atomic E-state index is 12.7. The van der Waals surface area contributed by atoms with Crippen molar-refractivity contribution in [2.75, 3.05) is 32.2 Å². The van der Waals surface area contributed by atoms with Crippen molar-refractivity contribution in [3.05, 3.63) is 36.7 Å². The van der Waals surface area contributed by atoms with Crippen molar-refractivity contribution >= 4 is 45.5 Å². The summed E-state index contributed by atoms with van der Waals surface area (Å²) in [4.78, 5) is 49.7. The average Bonchev–Trinajstić information content (AvgIpc) is 3.26. The lowest BCUT2D eigenvalue weighted by molar-refractivity contribution is -0.147. The molecule has 2 N–H and O–H groups in total. The Morgan fingerprint density at radius 3 is 2.71 bits per heavy atom. The number of aromatic nitrogens is 1. The van der Waals surface area contributed by atoms with Gasteiger partial charge in [-0.1, -0.05) is 11.3 Å². The van der Waals surface area contributed by atoms with Gasteiger partial charge in [-0.3, -0.25) is 23.7 Å². The first-order valence-electron chi connectivity index (χ1n) is 9.92. The molecule has 2 amide bonds. The SMILES string of the molecule is COCCNC(=O)c1c(NC(=O)COC(=O)Cn2c(C)csc2=O)sc2c1CCCC2. The average molecular weight is 468 g/mol. The summed E-state index contributed by atoms with van der Waals surface area (Å²) in [7, 11) is 1.56. The van der Waals surface area contributed by atoms with Gasteiger partial charge in [0.25, 0.3) is 11.8 Å². The standard InChI is InChI=1S/C20H25N3O6S2/c1-12-11-30-20(27)23(12)9-16(25)29-10-15(24)22-19-17(18(26)21-7-8-28-2)13-5-3-4-6-14(13)31-19/h11H,3-10H2,1-2H3,(H,21,26)(H,22,24). The Kier molecular flexibility index (Phi) is 7.99. The van der Waals surface area contributed by atoms with Crippen LogP contribution >= 0.6 is 22.7 Å². The van der Waals surface area contributed by atoms with Gasteiger partial charge in [0.2, 0.25) is 0 Å². The van der Waals surface area contributed by atoms with Gasteiger partial charge < -0.3 is 20.1 Å². The smallest absolute Gasteiger partial charge is 0.326 e. The van der Waals surface area contributed by atoms with Gasteiger partial charge in [0.1, 0.15) is 11.5 Å². The third-order valence-corrected chi connectivity index (χ3v) is 6.96. The highest BCUT2D eigenvalue weighted by molar-refractivity contribution is 7.17. The summed E-state index contributed by atoms with van der Waals surface area (Å²) in [6.07, 6.45) is 3.70. The van der Waals surface area contributed by atoms with Crippen LogP contribution in [0.4, 0.5) is 5.00 Å². The molecule has 0 unspecified atom stereocenters. The first-order chi connectivity index (χ1) is 14.9. The molecule has 31 heavy (non-hydrogen) atoms. The van der Waals surface area contributed by atoms with Crippen LogP contribution in [0, 0.1) is 6.92 Å². The lowest BCUT2D eigenvalue weighted by Gasteiger charge is -2.13. The molecule has 0 saturated heterocycles. The molecule has 0 bridgehead atoms. The summed E-state index contributed by atoms with van der Waals surface area (Å²) in [5.41, 5.74) is 2.12. The van der Waals surface area contributed by atoms with Crippen molar-refractivity contribution < 1.29 is 23.9 Å². The van der Waals surface area contributed by atoms with E-state index in [1.807, 2.05) is 0 Å². The van der Waals surface area contributed by atoms with Gasteiger partial charge >= 0.3 is 10.8 Å². The Morgan fingerprint density at radius 1 is 1.23 bits per heavy atom. The van der Waals surface area contributed by atoms with Gasteiger partial charge in [-0.15, -0.1) is 11.3 Å². The fourth-order valence-corrected chi connectivity index (χ4v) is 5.37. The summed E-state index contributed by atoms with van der Waals surface area (Å²) in [5, 5.41) is 7.65. The number of fused-ring (bicyclic) bond motifs is 1. The molecule has 0 spiro atoms. The zero-order valence-electron chi connectivity index (χ0n) is 17.4. The van der Waals surface area contributed by atoms with Crippen LogP contribution in [0.3, 0.4) is 0 Å². The van der Waals surface area contributed by atoms with Crippen LogP contribution in [-0.4, -0.2) is 49.2 Å². The van der Waals surface area contributed by atoms with E-state index in [9.17, 15) is 19.2 Å². The van der Waals surface area contributed by atoms with E-state index >= 15 is 0 Å². The van der Waals surface area contributed by atoms with Crippen molar-refractivity contribution in [2.45, 2.75) is 39.2 Å². The molecule has 9 nitrogen and oxygen atoms in total.